The van der Waals surface area contributed by atoms with Crippen molar-refractivity contribution in [2.75, 3.05) is 7.11 Å². The molecule has 0 amide bonds. The van der Waals surface area contributed by atoms with Gasteiger partial charge in [0.05, 0.1) is 18.2 Å². The number of nitrogens with zero attached hydrogens (tertiary/aromatic N) is 1. The Morgan fingerprint density at radius 2 is 2.04 bits per heavy atom. The number of para-hydroxylation sites is 1. The van der Waals surface area contributed by atoms with Crippen LogP contribution in [0.5, 0.6) is 5.75 Å². The fraction of sp³-hybridized carbons (Fsp3) is 0.133. The highest BCUT2D eigenvalue weighted by Crippen LogP contribution is 2.30. The molecule has 0 unspecified atom stereocenters. The summed E-state index contributed by atoms with van der Waals surface area (Å²) in [6.07, 6.45) is 1.52. The molecule has 0 fully saturated rings. The van der Waals surface area contributed by atoms with Crippen LogP contribution in [0.1, 0.15) is 5.56 Å². The van der Waals surface area contributed by atoms with Crippen LogP contribution in [0.3, 0.4) is 0 Å². The molecule has 1 aromatic carbocycles. The SMILES string of the molecule is COc1ccccc1CNS(=O)(=O)c1ccc(-c2ccno2)s1. The number of nitrogens with one attached hydrogen (secondary N) is 1. The number of sulfonamides is 1. The Kier molecular flexibility index (Phi) is 4.46. The molecule has 0 saturated heterocycles. The number of hydrogen-bond donors (Lipinski definition) is 1. The van der Waals surface area contributed by atoms with E-state index in [4.69, 9.17) is 9.26 Å². The Bertz CT molecular complexity index is 886. The summed E-state index contributed by atoms with van der Waals surface area (Å²) in [5.74, 6) is 1.19. The number of aromatic nitrogens is 1. The van der Waals surface area contributed by atoms with Crippen molar-refractivity contribution in [2.45, 2.75) is 10.8 Å². The van der Waals surface area contributed by atoms with Crippen LogP contribution >= 0.6 is 11.3 Å². The quantitative estimate of drug-likeness (QED) is 0.739. The largest absolute Gasteiger partial charge is 0.496 e. The number of benzene rings is 1. The topological polar surface area (TPSA) is 81.4 Å². The minimum Gasteiger partial charge on any atom is -0.496 e. The van der Waals surface area contributed by atoms with Gasteiger partial charge in [-0.1, -0.05) is 23.4 Å². The molecule has 0 saturated carbocycles. The van der Waals surface area contributed by atoms with Gasteiger partial charge in [-0.2, -0.15) is 0 Å². The summed E-state index contributed by atoms with van der Waals surface area (Å²) < 4.78 is 37.9. The summed E-state index contributed by atoms with van der Waals surface area (Å²) in [5.41, 5.74) is 0.769. The van der Waals surface area contributed by atoms with Crippen molar-refractivity contribution in [1.29, 1.82) is 0 Å². The summed E-state index contributed by atoms with van der Waals surface area (Å²) >= 11 is 1.13. The molecule has 8 heteroatoms. The third kappa shape index (κ3) is 3.44. The fourth-order valence-electron chi connectivity index (χ4n) is 2.03. The van der Waals surface area contributed by atoms with Crippen molar-refractivity contribution in [3.63, 3.8) is 0 Å². The van der Waals surface area contributed by atoms with Crippen LogP contribution in [-0.2, 0) is 16.6 Å². The number of ether oxygens (including phenoxy) is 1. The summed E-state index contributed by atoms with van der Waals surface area (Å²) in [7, 11) is -2.05. The van der Waals surface area contributed by atoms with Gasteiger partial charge in [0, 0.05) is 18.2 Å². The molecule has 2 heterocycles. The van der Waals surface area contributed by atoms with E-state index < -0.39 is 10.0 Å². The molecule has 23 heavy (non-hydrogen) atoms. The zero-order valence-corrected chi connectivity index (χ0v) is 13.9. The van der Waals surface area contributed by atoms with Crippen molar-refractivity contribution < 1.29 is 17.7 Å². The Morgan fingerprint density at radius 3 is 2.78 bits per heavy atom. The van der Waals surface area contributed by atoms with E-state index in [1.807, 2.05) is 18.2 Å². The van der Waals surface area contributed by atoms with Gasteiger partial charge in [0.1, 0.15) is 9.96 Å². The maximum atomic E-state index is 12.4. The van der Waals surface area contributed by atoms with E-state index in [9.17, 15) is 8.42 Å². The molecule has 0 aliphatic carbocycles. The highest BCUT2D eigenvalue weighted by Gasteiger charge is 2.18. The minimum absolute atomic E-state index is 0.155. The molecule has 0 radical (unpaired) electrons. The summed E-state index contributed by atoms with van der Waals surface area (Å²) in [6.45, 7) is 0.155. The first-order valence-electron chi connectivity index (χ1n) is 6.72. The van der Waals surface area contributed by atoms with E-state index in [-0.39, 0.29) is 10.8 Å². The lowest BCUT2D eigenvalue weighted by Gasteiger charge is -2.09. The first kappa shape index (κ1) is 15.7. The van der Waals surface area contributed by atoms with E-state index >= 15 is 0 Å². The van der Waals surface area contributed by atoms with Crippen molar-refractivity contribution in [3.05, 3.63) is 54.2 Å². The highest BCUT2D eigenvalue weighted by atomic mass is 32.2. The molecule has 0 aliphatic heterocycles. The van der Waals surface area contributed by atoms with Crippen LogP contribution in [0.15, 0.2) is 57.4 Å². The molecule has 0 atom stereocenters. The van der Waals surface area contributed by atoms with Crippen LogP contribution in [0.25, 0.3) is 10.6 Å². The van der Waals surface area contributed by atoms with E-state index in [0.717, 1.165) is 16.9 Å². The van der Waals surface area contributed by atoms with E-state index in [1.54, 1.807) is 31.4 Å². The third-order valence-electron chi connectivity index (χ3n) is 3.17. The van der Waals surface area contributed by atoms with Gasteiger partial charge >= 0.3 is 0 Å². The lowest BCUT2D eigenvalue weighted by molar-refractivity contribution is 0.409. The van der Waals surface area contributed by atoms with Gasteiger partial charge in [-0.3, -0.25) is 0 Å². The van der Waals surface area contributed by atoms with Gasteiger partial charge in [0.2, 0.25) is 10.0 Å². The lowest BCUT2D eigenvalue weighted by Crippen LogP contribution is -2.22. The second kappa shape index (κ2) is 6.53. The first-order chi connectivity index (χ1) is 11.1. The standard InChI is InChI=1S/C15H14N2O4S2/c1-20-12-5-3-2-4-11(12)10-17-23(18,19)15-7-6-14(22-15)13-8-9-16-21-13/h2-9,17H,10H2,1H3. The normalized spacial score (nSPS) is 11.5. The van der Waals surface area contributed by atoms with Gasteiger partial charge in [-0.15, -0.1) is 11.3 Å². The first-order valence-corrected chi connectivity index (χ1v) is 9.02. The molecule has 6 nitrogen and oxygen atoms in total. The molecule has 0 aliphatic rings. The molecular weight excluding hydrogens is 336 g/mol. The Morgan fingerprint density at radius 1 is 1.22 bits per heavy atom. The molecule has 3 aromatic rings. The average molecular weight is 350 g/mol. The van der Waals surface area contributed by atoms with Crippen molar-refractivity contribution in [2.24, 2.45) is 0 Å². The molecule has 0 spiro atoms. The zero-order chi connectivity index (χ0) is 16.3. The van der Waals surface area contributed by atoms with Crippen LogP contribution in [0.2, 0.25) is 0 Å². The smallest absolute Gasteiger partial charge is 0.250 e. The zero-order valence-electron chi connectivity index (χ0n) is 12.2. The van der Waals surface area contributed by atoms with E-state index in [0.29, 0.717) is 16.4 Å². The third-order valence-corrected chi connectivity index (χ3v) is 6.16. The second-order valence-corrected chi connectivity index (χ2v) is 7.71. The molecule has 3 rings (SSSR count). The van der Waals surface area contributed by atoms with Gasteiger partial charge in [0.25, 0.3) is 0 Å². The number of methoxy groups -OCH3 is 1. The molecule has 1 N–H and O–H groups in total. The fourth-order valence-corrected chi connectivity index (χ4v) is 4.35. The summed E-state index contributed by atoms with van der Waals surface area (Å²) in [5, 5.41) is 3.62. The second-order valence-electron chi connectivity index (χ2n) is 4.63. The van der Waals surface area contributed by atoms with Crippen LogP contribution in [0, 0.1) is 0 Å². The minimum atomic E-state index is -3.60. The highest BCUT2D eigenvalue weighted by molar-refractivity contribution is 7.91. The average Bonchev–Trinajstić information content (AvgIpc) is 3.24. The predicted octanol–water partition coefficient (Wildman–Crippen LogP) is 2.89. The predicted molar refractivity (Wildman–Crippen MR) is 86.8 cm³/mol. The van der Waals surface area contributed by atoms with Crippen molar-refractivity contribution in [3.8, 4) is 16.4 Å². The van der Waals surface area contributed by atoms with Crippen LogP contribution in [-0.4, -0.2) is 20.7 Å². The van der Waals surface area contributed by atoms with Gasteiger partial charge < -0.3 is 9.26 Å². The Labute approximate surface area is 137 Å². The van der Waals surface area contributed by atoms with E-state index in [1.165, 1.54) is 6.20 Å². The van der Waals surface area contributed by atoms with Crippen molar-refractivity contribution >= 4 is 21.4 Å². The Hall–Kier alpha value is -2.16. The van der Waals surface area contributed by atoms with Gasteiger partial charge in [-0.25, -0.2) is 13.1 Å². The van der Waals surface area contributed by atoms with Crippen LogP contribution < -0.4 is 9.46 Å². The van der Waals surface area contributed by atoms with Crippen molar-refractivity contribution in [1.82, 2.24) is 9.88 Å². The summed E-state index contributed by atoms with van der Waals surface area (Å²) in [6, 6.07) is 12.2. The maximum Gasteiger partial charge on any atom is 0.250 e. The Balaban J connectivity index is 1.77. The number of rotatable bonds is 6. The molecule has 0 bridgehead atoms. The maximum absolute atomic E-state index is 12.4. The van der Waals surface area contributed by atoms with E-state index in [2.05, 4.69) is 9.88 Å². The number of hydrogen-bond acceptors (Lipinski definition) is 6. The molecular formula is C15H14N2O4S2. The lowest BCUT2D eigenvalue weighted by atomic mass is 10.2. The van der Waals surface area contributed by atoms with Crippen LogP contribution in [0.4, 0.5) is 0 Å². The monoisotopic (exact) mass is 350 g/mol. The number of thiophene rings is 1. The van der Waals surface area contributed by atoms with Gasteiger partial charge in [-0.05, 0) is 18.2 Å². The summed E-state index contributed by atoms with van der Waals surface area (Å²) in [4.78, 5) is 0.708. The molecule has 2 aromatic heterocycles. The molecule has 120 valence electrons. The van der Waals surface area contributed by atoms with Gasteiger partial charge in [0.15, 0.2) is 5.76 Å².